The monoisotopic (exact) mass is 380 g/mol. The minimum absolute atomic E-state index is 0.144. The third kappa shape index (κ3) is 4.79. The molecule has 1 aromatic rings. The quantitative estimate of drug-likeness (QED) is 0.343. The maximum absolute atomic E-state index is 11.4. The average Bonchev–Trinajstić information content (AvgIpc) is 3.26. The second-order valence-electron chi connectivity index (χ2n) is 8.09. The van der Waals surface area contributed by atoms with E-state index in [1.807, 2.05) is 6.92 Å². The zero-order chi connectivity index (χ0) is 19.9. The average molecular weight is 381 g/mol. The summed E-state index contributed by atoms with van der Waals surface area (Å²) in [6.07, 6.45) is 11.6. The lowest BCUT2D eigenvalue weighted by molar-refractivity contribution is -0.140. The van der Waals surface area contributed by atoms with Crippen LogP contribution in [-0.2, 0) is 16.0 Å². The van der Waals surface area contributed by atoms with Crippen LogP contribution in [0, 0.1) is 23.7 Å². The number of para-hydroxylation sites is 1. The normalized spacial score (nSPS) is 23.5. The zero-order valence-electron chi connectivity index (χ0n) is 17.4. The molecule has 0 aromatic heterocycles. The van der Waals surface area contributed by atoms with E-state index in [2.05, 4.69) is 49.1 Å². The van der Waals surface area contributed by atoms with Gasteiger partial charge in [-0.2, -0.15) is 0 Å². The maximum atomic E-state index is 11.4. The first kappa shape index (κ1) is 20.5. The van der Waals surface area contributed by atoms with Gasteiger partial charge in [0.2, 0.25) is 0 Å². The maximum Gasteiger partial charge on any atom is 0.305 e. The minimum Gasteiger partial charge on any atom is -0.489 e. The Morgan fingerprint density at radius 1 is 1.39 bits per heavy atom. The first-order valence-electron chi connectivity index (χ1n) is 10.6. The van der Waals surface area contributed by atoms with Crippen LogP contribution in [-0.4, -0.2) is 19.2 Å². The fourth-order valence-electron chi connectivity index (χ4n) is 4.50. The van der Waals surface area contributed by atoms with Gasteiger partial charge in [-0.15, -0.1) is 11.8 Å². The summed E-state index contributed by atoms with van der Waals surface area (Å²) in [4.78, 5) is 11.4. The Morgan fingerprint density at radius 3 is 3.04 bits per heavy atom. The van der Waals surface area contributed by atoms with E-state index >= 15 is 0 Å². The summed E-state index contributed by atoms with van der Waals surface area (Å²) in [5.41, 5.74) is 2.59. The van der Waals surface area contributed by atoms with E-state index in [1.165, 1.54) is 24.7 Å². The van der Waals surface area contributed by atoms with Crippen LogP contribution in [0.5, 0.6) is 5.75 Å². The van der Waals surface area contributed by atoms with E-state index in [-0.39, 0.29) is 5.97 Å². The number of allylic oxidation sites excluding steroid dienone is 2. The summed E-state index contributed by atoms with van der Waals surface area (Å²) in [7, 11) is 1.44. The molecular weight excluding hydrogens is 348 g/mol. The van der Waals surface area contributed by atoms with E-state index in [1.54, 1.807) is 0 Å². The van der Waals surface area contributed by atoms with Gasteiger partial charge in [0.1, 0.15) is 11.9 Å². The van der Waals surface area contributed by atoms with Crippen LogP contribution in [0.25, 0.3) is 0 Å². The van der Waals surface area contributed by atoms with Crippen molar-refractivity contribution in [2.45, 2.75) is 70.8 Å². The number of aryl methyl sites for hydroxylation is 1. The van der Waals surface area contributed by atoms with Gasteiger partial charge in [-0.25, -0.2) is 0 Å². The second kappa shape index (κ2) is 9.82. The molecule has 1 heterocycles. The SMILES string of the molecule is CC#CC[C@@H](C)C/C=C/C1CC[C@@H]2Oc3c(CCCC(=O)OC)cccc3[C@H]12. The van der Waals surface area contributed by atoms with Crippen LogP contribution < -0.4 is 4.74 Å². The molecule has 0 radical (unpaired) electrons. The molecule has 3 heteroatoms. The fraction of sp³-hybridized carbons (Fsp3) is 0.560. The molecule has 0 spiro atoms. The number of hydrogen-bond donors (Lipinski definition) is 0. The van der Waals surface area contributed by atoms with Crippen molar-refractivity contribution in [3.8, 4) is 17.6 Å². The summed E-state index contributed by atoms with van der Waals surface area (Å²) >= 11 is 0. The highest BCUT2D eigenvalue weighted by Crippen LogP contribution is 2.51. The van der Waals surface area contributed by atoms with Crippen molar-refractivity contribution in [3.05, 3.63) is 41.5 Å². The standard InChI is InChI=1S/C25H32O3/c1-4-5-9-18(2)10-6-11-19-16-17-22-24(19)21-14-7-12-20(25(21)28-22)13-8-15-23(26)27-3/h6-7,11-12,14,18-19,22,24H,8-10,13,15-17H2,1-3H3/b11-6+/t18-,19?,22+,24+/m1/s1. The van der Waals surface area contributed by atoms with Crippen LogP contribution in [0.15, 0.2) is 30.4 Å². The van der Waals surface area contributed by atoms with Gasteiger partial charge in [-0.05, 0) is 56.4 Å². The van der Waals surface area contributed by atoms with Gasteiger partial charge in [0.25, 0.3) is 0 Å². The molecule has 1 saturated carbocycles. The molecule has 28 heavy (non-hydrogen) atoms. The molecule has 0 bridgehead atoms. The predicted molar refractivity (Wildman–Crippen MR) is 112 cm³/mol. The van der Waals surface area contributed by atoms with E-state index in [4.69, 9.17) is 9.47 Å². The number of rotatable bonds is 8. The third-order valence-corrected chi connectivity index (χ3v) is 6.01. The van der Waals surface area contributed by atoms with E-state index in [0.29, 0.717) is 30.3 Å². The molecule has 150 valence electrons. The van der Waals surface area contributed by atoms with Gasteiger partial charge >= 0.3 is 5.97 Å². The Bertz CT molecular complexity index is 768. The molecule has 4 atom stereocenters. The molecule has 1 unspecified atom stereocenters. The highest BCUT2D eigenvalue weighted by molar-refractivity contribution is 5.69. The summed E-state index contributed by atoms with van der Waals surface area (Å²) in [6, 6.07) is 6.51. The van der Waals surface area contributed by atoms with Gasteiger partial charge in [0.05, 0.1) is 7.11 Å². The van der Waals surface area contributed by atoms with Crippen molar-refractivity contribution < 1.29 is 14.3 Å². The number of hydrogen-bond acceptors (Lipinski definition) is 3. The molecule has 1 aliphatic carbocycles. The van der Waals surface area contributed by atoms with Crippen LogP contribution >= 0.6 is 0 Å². The van der Waals surface area contributed by atoms with Crippen molar-refractivity contribution in [2.24, 2.45) is 11.8 Å². The third-order valence-electron chi connectivity index (χ3n) is 6.01. The molecule has 0 N–H and O–H groups in total. The number of benzene rings is 1. The van der Waals surface area contributed by atoms with E-state index < -0.39 is 0 Å². The molecule has 3 rings (SSSR count). The van der Waals surface area contributed by atoms with Crippen molar-refractivity contribution in [1.29, 1.82) is 0 Å². The first-order valence-corrected chi connectivity index (χ1v) is 10.6. The Balaban J connectivity index is 1.64. The Kier molecular flexibility index (Phi) is 7.20. The second-order valence-corrected chi connectivity index (χ2v) is 8.09. The molecule has 1 aliphatic heterocycles. The molecular formula is C25H32O3. The van der Waals surface area contributed by atoms with Gasteiger partial charge in [-0.1, -0.05) is 37.3 Å². The van der Waals surface area contributed by atoms with Gasteiger partial charge in [0.15, 0.2) is 0 Å². The largest absolute Gasteiger partial charge is 0.489 e. The number of fused-ring (bicyclic) bond motifs is 3. The Hall–Kier alpha value is -2.21. The molecule has 0 amide bonds. The molecule has 0 saturated heterocycles. The fourth-order valence-corrected chi connectivity index (χ4v) is 4.50. The van der Waals surface area contributed by atoms with Crippen molar-refractivity contribution in [2.75, 3.05) is 7.11 Å². The Labute approximate surface area is 169 Å². The lowest BCUT2D eigenvalue weighted by Crippen LogP contribution is -2.14. The lowest BCUT2D eigenvalue weighted by Gasteiger charge is -2.15. The van der Waals surface area contributed by atoms with Crippen molar-refractivity contribution in [1.82, 2.24) is 0 Å². The number of carbonyl (C=O) groups is 1. The topological polar surface area (TPSA) is 35.5 Å². The van der Waals surface area contributed by atoms with Crippen molar-refractivity contribution >= 4 is 5.97 Å². The lowest BCUT2D eigenvalue weighted by atomic mass is 9.87. The molecule has 1 aromatic carbocycles. The van der Waals surface area contributed by atoms with Gasteiger partial charge in [-0.3, -0.25) is 4.79 Å². The van der Waals surface area contributed by atoms with Gasteiger partial charge in [0, 0.05) is 24.3 Å². The highest BCUT2D eigenvalue weighted by atomic mass is 16.5. The smallest absolute Gasteiger partial charge is 0.305 e. The van der Waals surface area contributed by atoms with Crippen LogP contribution in [0.4, 0.5) is 0 Å². The summed E-state index contributed by atoms with van der Waals surface area (Å²) < 4.78 is 11.1. The highest BCUT2D eigenvalue weighted by Gasteiger charge is 2.44. The molecule has 2 aliphatic rings. The number of ether oxygens (including phenoxy) is 2. The zero-order valence-corrected chi connectivity index (χ0v) is 17.4. The molecule has 3 nitrogen and oxygen atoms in total. The summed E-state index contributed by atoms with van der Waals surface area (Å²) in [5, 5.41) is 0. The van der Waals surface area contributed by atoms with Gasteiger partial charge < -0.3 is 9.47 Å². The van der Waals surface area contributed by atoms with Crippen LogP contribution in [0.1, 0.15) is 69.4 Å². The minimum atomic E-state index is -0.144. The number of carbonyl (C=O) groups excluding carboxylic acids is 1. The number of methoxy groups -OCH3 is 1. The van der Waals surface area contributed by atoms with Crippen LogP contribution in [0.2, 0.25) is 0 Å². The van der Waals surface area contributed by atoms with Crippen LogP contribution in [0.3, 0.4) is 0 Å². The first-order chi connectivity index (χ1) is 13.6. The van der Waals surface area contributed by atoms with Crippen molar-refractivity contribution in [3.63, 3.8) is 0 Å². The summed E-state index contributed by atoms with van der Waals surface area (Å²) in [5.74, 6) is 8.73. The summed E-state index contributed by atoms with van der Waals surface area (Å²) in [6.45, 7) is 4.17. The number of esters is 1. The van der Waals surface area contributed by atoms with E-state index in [9.17, 15) is 4.79 Å². The van der Waals surface area contributed by atoms with E-state index in [0.717, 1.165) is 37.9 Å². The Morgan fingerprint density at radius 2 is 2.25 bits per heavy atom. The predicted octanol–water partition coefficient (Wildman–Crippen LogP) is 5.43. The molecule has 1 fully saturated rings.